The number of carbonyl (C=O) groups is 2. The van der Waals surface area contributed by atoms with Gasteiger partial charge in [0.2, 0.25) is 11.8 Å². The Morgan fingerprint density at radius 3 is 2.80 bits per heavy atom. The molecule has 1 aromatic carbocycles. The molecule has 2 atom stereocenters. The molecule has 1 saturated heterocycles. The first-order valence-corrected chi connectivity index (χ1v) is 9.83. The Kier molecular flexibility index (Phi) is 7.69. The first kappa shape index (κ1) is 19.7. The highest BCUT2D eigenvalue weighted by Gasteiger charge is 2.31. The molecular formula is C20H27BrN2O2. The highest BCUT2D eigenvalue weighted by molar-refractivity contribution is 9.10. The summed E-state index contributed by atoms with van der Waals surface area (Å²) in [6, 6.07) is 7.95. The molecule has 25 heavy (non-hydrogen) atoms. The summed E-state index contributed by atoms with van der Waals surface area (Å²) >= 11 is 3.48. The topological polar surface area (TPSA) is 49.4 Å². The second kappa shape index (κ2) is 9.76. The molecular weight excluding hydrogens is 380 g/mol. The summed E-state index contributed by atoms with van der Waals surface area (Å²) in [4.78, 5) is 26.7. The van der Waals surface area contributed by atoms with Gasteiger partial charge < -0.3 is 10.2 Å². The van der Waals surface area contributed by atoms with Crippen molar-refractivity contribution >= 4 is 33.8 Å². The predicted molar refractivity (Wildman–Crippen MR) is 105 cm³/mol. The van der Waals surface area contributed by atoms with E-state index in [-0.39, 0.29) is 23.8 Å². The molecule has 2 unspecified atom stereocenters. The monoisotopic (exact) mass is 406 g/mol. The molecule has 1 aliphatic heterocycles. The number of nitrogens with one attached hydrogen (secondary N) is 1. The minimum Gasteiger partial charge on any atom is -0.356 e. The van der Waals surface area contributed by atoms with Gasteiger partial charge in [0.15, 0.2) is 0 Å². The molecule has 0 bridgehead atoms. The van der Waals surface area contributed by atoms with Gasteiger partial charge in [-0.2, -0.15) is 0 Å². The number of benzene rings is 1. The zero-order valence-corrected chi connectivity index (χ0v) is 16.6. The van der Waals surface area contributed by atoms with E-state index in [1.165, 1.54) is 0 Å². The van der Waals surface area contributed by atoms with Crippen LogP contribution in [0.3, 0.4) is 0 Å². The summed E-state index contributed by atoms with van der Waals surface area (Å²) in [6.45, 7) is 5.37. The minimum atomic E-state index is -0.103. The molecule has 0 aromatic heterocycles. The van der Waals surface area contributed by atoms with Gasteiger partial charge in [0, 0.05) is 29.7 Å². The highest BCUT2D eigenvalue weighted by Crippen LogP contribution is 2.23. The Bertz CT molecular complexity index is 630. The maximum atomic E-state index is 12.6. The second-order valence-corrected chi connectivity index (χ2v) is 7.47. The fourth-order valence-corrected chi connectivity index (χ4v) is 3.44. The highest BCUT2D eigenvalue weighted by atomic mass is 79.9. The van der Waals surface area contributed by atoms with Gasteiger partial charge in [-0.3, -0.25) is 9.59 Å². The summed E-state index contributed by atoms with van der Waals surface area (Å²) in [5, 5.41) is 2.99. The fraction of sp³-hybridized carbons (Fsp3) is 0.500. The SMILES string of the molecule is CCCCNC(=O)C1CCC(C)N(C(=O)C=Cc2ccccc2Br)C1. The smallest absolute Gasteiger partial charge is 0.246 e. The molecule has 2 rings (SSSR count). The third-order valence-electron chi connectivity index (χ3n) is 4.68. The third-order valence-corrected chi connectivity index (χ3v) is 5.40. The number of hydrogen-bond acceptors (Lipinski definition) is 2. The summed E-state index contributed by atoms with van der Waals surface area (Å²) in [5.74, 6) is -0.0592. The van der Waals surface area contributed by atoms with Crippen LogP contribution in [0.5, 0.6) is 0 Å². The fourth-order valence-electron chi connectivity index (χ4n) is 3.03. The molecule has 0 saturated carbocycles. The van der Waals surface area contributed by atoms with Gasteiger partial charge in [0.05, 0.1) is 5.92 Å². The maximum Gasteiger partial charge on any atom is 0.246 e. The number of nitrogens with zero attached hydrogens (tertiary/aromatic N) is 1. The number of amides is 2. The van der Waals surface area contributed by atoms with Crippen LogP contribution in [0.4, 0.5) is 0 Å². The third kappa shape index (κ3) is 5.70. The lowest BCUT2D eigenvalue weighted by Gasteiger charge is -2.36. The number of hydrogen-bond donors (Lipinski definition) is 1. The van der Waals surface area contributed by atoms with E-state index in [2.05, 4.69) is 35.1 Å². The molecule has 1 heterocycles. The van der Waals surface area contributed by atoms with Gasteiger partial charge in [-0.1, -0.05) is 47.5 Å². The van der Waals surface area contributed by atoms with Crippen molar-refractivity contribution in [2.75, 3.05) is 13.1 Å². The van der Waals surface area contributed by atoms with Crippen molar-refractivity contribution in [3.63, 3.8) is 0 Å². The number of carbonyl (C=O) groups excluding carboxylic acids is 2. The normalized spacial score (nSPS) is 20.7. The molecule has 2 amide bonds. The summed E-state index contributed by atoms with van der Waals surface area (Å²) < 4.78 is 0.957. The van der Waals surface area contributed by atoms with Gasteiger partial charge in [-0.25, -0.2) is 0 Å². The summed E-state index contributed by atoms with van der Waals surface area (Å²) in [6.07, 6.45) is 7.19. The average Bonchev–Trinajstić information content (AvgIpc) is 2.61. The lowest BCUT2D eigenvalue weighted by atomic mass is 9.92. The molecule has 1 aromatic rings. The largest absolute Gasteiger partial charge is 0.356 e. The standard InChI is InChI=1S/C20H27BrN2O2/c1-3-4-13-22-20(25)17-10-9-15(2)23(14-17)19(24)12-11-16-7-5-6-8-18(16)21/h5-8,11-12,15,17H,3-4,9-10,13-14H2,1-2H3,(H,22,25). The Morgan fingerprint density at radius 2 is 2.08 bits per heavy atom. The van der Waals surface area contributed by atoms with Crippen LogP contribution in [-0.2, 0) is 9.59 Å². The zero-order chi connectivity index (χ0) is 18.2. The molecule has 1 aliphatic rings. The van der Waals surface area contributed by atoms with E-state index >= 15 is 0 Å². The van der Waals surface area contributed by atoms with Crippen LogP contribution < -0.4 is 5.32 Å². The molecule has 0 radical (unpaired) electrons. The van der Waals surface area contributed by atoms with Crippen LogP contribution in [0.15, 0.2) is 34.8 Å². The minimum absolute atomic E-state index is 0.0330. The lowest BCUT2D eigenvalue weighted by Crippen LogP contribution is -2.49. The molecule has 5 heteroatoms. The molecule has 136 valence electrons. The Labute approximate surface area is 158 Å². The Balaban J connectivity index is 1.97. The number of piperidine rings is 1. The first-order chi connectivity index (χ1) is 12.0. The molecule has 1 fully saturated rings. The van der Waals surface area contributed by atoms with Gasteiger partial charge in [-0.05, 0) is 43.9 Å². The van der Waals surface area contributed by atoms with E-state index in [1.54, 1.807) is 6.08 Å². The molecule has 1 N–H and O–H groups in total. The van der Waals surface area contributed by atoms with Crippen molar-refractivity contribution in [1.29, 1.82) is 0 Å². The van der Waals surface area contributed by atoms with Crippen LogP contribution in [0.1, 0.15) is 45.1 Å². The van der Waals surface area contributed by atoms with Crippen molar-refractivity contribution in [2.24, 2.45) is 5.92 Å². The quantitative estimate of drug-likeness (QED) is 0.572. The molecule has 4 nitrogen and oxygen atoms in total. The Morgan fingerprint density at radius 1 is 1.32 bits per heavy atom. The van der Waals surface area contributed by atoms with Crippen molar-refractivity contribution < 1.29 is 9.59 Å². The van der Waals surface area contributed by atoms with Crippen LogP contribution >= 0.6 is 15.9 Å². The van der Waals surface area contributed by atoms with E-state index in [1.807, 2.05) is 35.2 Å². The summed E-state index contributed by atoms with van der Waals surface area (Å²) in [7, 11) is 0. The number of unbranched alkanes of at least 4 members (excludes halogenated alkanes) is 1. The van der Waals surface area contributed by atoms with Crippen molar-refractivity contribution in [3.8, 4) is 0 Å². The van der Waals surface area contributed by atoms with Crippen molar-refractivity contribution in [2.45, 2.75) is 45.6 Å². The number of likely N-dealkylation sites (tertiary alicyclic amines) is 1. The van der Waals surface area contributed by atoms with E-state index in [9.17, 15) is 9.59 Å². The zero-order valence-electron chi connectivity index (χ0n) is 15.0. The second-order valence-electron chi connectivity index (χ2n) is 6.61. The van der Waals surface area contributed by atoms with E-state index in [0.29, 0.717) is 6.54 Å². The van der Waals surface area contributed by atoms with Gasteiger partial charge >= 0.3 is 0 Å². The Hall–Kier alpha value is -1.62. The van der Waals surface area contributed by atoms with Crippen molar-refractivity contribution in [1.82, 2.24) is 10.2 Å². The van der Waals surface area contributed by atoms with E-state index < -0.39 is 0 Å². The van der Waals surface area contributed by atoms with Crippen LogP contribution in [0.2, 0.25) is 0 Å². The van der Waals surface area contributed by atoms with E-state index in [0.717, 1.165) is 42.3 Å². The van der Waals surface area contributed by atoms with E-state index in [4.69, 9.17) is 0 Å². The molecule has 0 spiro atoms. The predicted octanol–water partition coefficient (Wildman–Crippen LogP) is 4.01. The number of rotatable bonds is 6. The van der Waals surface area contributed by atoms with Gasteiger partial charge in [0.1, 0.15) is 0 Å². The summed E-state index contributed by atoms with van der Waals surface area (Å²) in [5.41, 5.74) is 0.967. The van der Waals surface area contributed by atoms with Gasteiger partial charge in [-0.15, -0.1) is 0 Å². The van der Waals surface area contributed by atoms with Crippen LogP contribution in [0.25, 0.3) is 6.08 Å². The van der Waals surface area contributed by atoms with Crippen LogP contribution in [0, 0.1) is 5.92 Å². The first-order valence-electron chi connectivity index (χ1n) is 9.03. The number of halogens is 1. The van der Waals surface area contributed by atoms with Crippen molar-refractivity contribution in [3.05, 3.63) is 40.4 Å². The average molecular weight is 407 g/mol. The molecule has 0 aliphatic carbocycles. The van der Waals surface area contributed by atoms with Crippen LogP contribution in [-0.4, -0.2) is 35.8 Å². The maximum absolute atomic E-state index is 12.6. The lowest BCUT2D eigenvalue weighted by molar-refractivity contribution is -0.134. The van der Waals surface area contributed by atoms with Gasteiger partial charge in [0.25, 0.3) is 0 Å².